The van der Waals surface area contributed by atoms with Gasteiger partial charge in [0.05, 0.1) is 0 Å². The van der Waals surface area contributed by atoms with Gasteiger partial charge < -0.3 is 5.32 Å². The van der Waals surface area contributed by atoms with Gasteiger partial charge in [-0.15, -0.1) is 0 Å². The van der Waals surface area contributed by atoms with E-state index >= 15 is 0 Å². The monoisotopic (exact) mass is 385 g/mol. The number of hydrogen-bond donors (Lipinski definition) is 1. The van der Waals surface area contributed by atoms with E-state index in [1.807, 2.05) is 25.1 Å². The average Bonchev–Trinajstić information content (AvgIpc) is 2.57. The molecule has 0 aliphatic carbocycles. The van der Waals surface area contributed by atoms with Gasteiger partial charge in [0.1, 0.15) is 4.32 Å². The van der Waals surface area contributed by atoms with Crippen molar-refractivity contribution in [3.63, 3.8) is 0 Å². The first-order valence-electron chi connectivity index (χ1n) is 9.34. The SMILES string of the molecule is CCCCCCCCCCCCSC(=S)Nc1cccc(Cl)c1C. The molecule has 24 heavy (non-hydrogen) atoms. The van der Waals surface area contributed by atoms with Crippen molar-refractivity contribution < 1.29 is 0 Å². The third-order valence-corrected chi connectivity index (χ3v) is 5.96. The lowest BCUT2D eigenvalue weighted by Gasteiger charge is -2.11. The number of anilines is 1. The Labute approximate surface area is 163 Å². The summed E-state index contributed by atoms with van der Waals surface area (Å²) in [4.78, 5) is 0. The predicted molar refractivity (Wildman–Crippen MR) is 117 cm³/mol. The Kier molecular flexibility index (Phi) is 12.7. The van der Waals surface area contributed by atoms with E-state index in [0.29, 0.717) is 0 Å². The van der Waals surface area contributed by atoms with E-state index in [-0.39, 0.29) is 0 Å². The summed E-state index contributed by atoms with van der Waals surface area (Å²) in [6.07, 6.45) is 13.7. The van der Waals surface area contributed by atoms with E-state index in [2.05, 4.69) is 12.2 Å². The van der Waals surface area contributed by atoms with Crippen molar-refractivity contribution >= 4 is 45.6 Å². The first kappa shape index (κ1) is 21.8. The van der Waals surface area contributed by atoms with Gasteiger partial charge in [-0.05, 0) is 31.0 Å². The molecule has 1 rings (SSSR count). The summed E-state index contributed by atoms with van der Waals surface area (Å²) in [5, 5.41) is 4.08. The average molecular weight is 386 g/mol. The minimum atomic E-state index is 0.780. The van der Waals surface area contributed by atoms with Gasteiger partial charge in [-0.3, -0.25) is 0 Å². The zero-order valence-electron chi connectivity index (χ0n) is 15.2. The molecule has 0 aliphatic rings. The number of halogens is 1. The van der Waals surface area contributed by atoms with Gasteiger partial charge >= 0.3 is 0 Å². The number of thiocarbonyl (C=S) groups is 1. The summed E-state index contributed by atoms with van der Waals surface area (Å²) < 4.78 is 0.844. The van der Waals surface area contributed by atoms with Crippen LogP contribution in [-0.2, 0) is 0 Å². The van der Waals surface area contributed by atoms with Crippen LogP contribution in [0.4, 0.5) is 5.69 Å². The third-order valence-electron chi connectivity index (χ3n) is 4.24. The second-order valence-electron chi connectivity index (χ2n) is 6.36. The fourth-order valence-electron chi connectivity index (χ4n) is 2.64. The zero-order chi connectivity index (χ0) is 17.6. The Morgan fingerprint density at radius 1 is 1.00 bits per heavy atom. The van der Waals surface area contributed by atoms with Crippen molar-refractivity contribution in [3.8, 4) is 0 Å². The first-order chi connectivity index (χ1) is 11.6. The molecule has 0 saturated carbocycles. The molecule has 1 aromatic rings. The molecule has 0 bridgehead atoms. The number of nitrogens with one attached hydrogen (secondary N) is 1. The third kappa shape index (κ3) is 9.90. The van der Waals surface area contributed by atoms with E-state index in [0.717, 1.165) is 26.3 Å². The summed E-state index contributed by atoms with van der Waals surface area (Å²) >= 11 is 13.3. The fourth-order valence-corrected chi connectivity index (χ4v) is 3.89. The lowest BCUT2D eigenvalue weighted by molar-refractivity contribution is 0.563. The Hall–Kier alpha value is -0.250. The molecule has 0 unspecified atom stereocenters. The summed E-state index contributed by atoms with van der Waals surface area (Å²) in [6, 6.07) is 5.88. The smallest absolute Gasteiger partial charge is 0.138 e. The standard InChI is InChI=1S/C20H32ClNS2/c1-3-4-5-6-7-8-9-10-11-12-16-24-20(23)22-19-15-13-14-18(21)17(19)2/h13-15H,3-12,16H2,1-2H3,(H,22,23). The molecular formula is C20H32ClNS2. The first-order valence-corrected chi connectivity index (χ1v) is 11.1. The summed E-state index contributed by atoms with van der Waals surface area (Å²) in [5.74, 6) is 1.10. The van der Waals surface area contributed by atoms with Crippen molar-refractivity contribution in [1.82, 2.24) is 0 Å². The van der Waals surface area contributed by atoms with Crippen LogP contribution in [0.5, 0.6) is 0 Å². The van der Waals surface area contributed by atoms with Crippen molar-refractivity contribution in [2.75, 3.05) is 11.1 Å². The normalized spacial score (nSPS) is 10.8. The molecule has 4 heteroatoms. The molecule has 0 amide bonds. The van der Waals surface area contributed by atoms with Gasteiger partial charge in [-0.2, -0.15) is 0 Å². The molecule has 0 aromatic heterocycles. The number of unbranched alkanes of at least 4 members (excludes halogenated alkanes) is 9. The maximum Gasteiger partial charge on any atom is 0.138 e. The largest absolute Gasteiger partial charge is 0.341 e. The number of thioether (sulfide) groups is 1. The van der Waals surface area contributed by atoms with Crippen molar-refractivity contribution in [1.29, 1.82) is 0 Å². The summed E-state index contributed by atoms with van der Waals surface area (Å²) in [5.41, 5.74) is 2.07. The van der Waals surface area contributed by atoms with Gasteiger partial charge in [0, 0.05) is 16.5 Å². The number of rotatable bonds is 12. The summed E-state index contributed by atoms with van der Waals surface area (Å²) in [7, 11) is 0. The number of benzene rings is 1. The molecule has 1 nitrogen and oxygen atoms in total. The lowest BCUT2D eigenvalue weighted by Crippen LogP contribution is -2.06. The quantitative estimate of drug-likeness (QED) is 0.289. The van der Waals surface area contributed by atoms with E-state index in [1.54, 1.807) is 11.8 Å². The Morgan fingerprint density at radius 3 is 2.21 bits per heavy atom. The molecule has 0 aliphatic heterocycles. The van der Waals surface area contributed by atoms with Crippen LogP contribution in [0.1, 0.15) is 76.7 Å². The van der Waals surface area contributed by atoms with Gasteiger partial charge in [-0.1, -0.05) is 106 Å². The van der Waals surface area contributed by atoms with Crippen LogP contribution >= 0.6 is 35.6 Å². The fraction of sp³-hybridized carbons (Fsp3) is 0.650. The van der Waals surface area contributed by atoms with Crippen LogP contribution in [0.3, 0.4) is 0 Å². The molecule has 0 fully saturated rings. The van der Waals surface area contributed by atoms with Gasteiger partial charge in [-0.25, -0.2) is 0 Å². The molecule has 0 radical (unpaired) electrons. The van der Waals surface area contributed by atoms with Crippen LogP contribution in [0.15, 0.2) is 18.2 Å². The number of hydrogen-bond acceptors (Lipinski definition) is 2. The molecule has 0 saturated heterocycles. The molecule has 0 heterocycles. The minimum Gasteiger partial charge on any atom is -0.341 e. The Bertz CT molecular complexity index is 477. The van der Waals surface area contributed by atoms with Crippen molar-refractivity contribution in [2.24, 2.45) is 0 Å². The van der Waals surface area contributed by atoms with Gasteiger partial charge in [0.2, 0.25) is 0 Å². The van der Waals surface area contributed by atoms with Gasteiger partial charge in [0.25, 0.3) is 0 Å². The van der Waals surface area contributed by atoms with E-state index in [9.17, 15) is 0 Å². The molecule has 0 spiro atoms. The second kappa shape index (κ2) is 14.0. The van der Waals surface area contributed by atoms with E-state index < -0.39 is 0 Å². The second-order valence-corrected chi connectivity index (χ2v) is 8.53. The predicted octanol–water partition coefficient (Wildman–Crippen LogP) is 8.00. The van der Waals surface area contributed by atoms with Crippen LogP contribution in [0, 0.1) is 6.92 Å². The summed E-state index contributed by atoms with van der Waals surface area (Å²) in [6.45, 7) is 4.29. The Morgan fingerprint density at radius 2 is 1.58 bits per heavy atom. The molecular weight excluding hydrogens is 354 g/mol. The topological polar surface area (TPSA) is 12.0 Å². The lowest BCUT2D eigenvalue weighted by atomic mass is 10.1. The minimum absolute atomic E-state index is 0.780. The maximum atomic E-state index is 6.13. The van der Waals surface area contributed by atoms with E-state index in [4.69, 9.17) is 23.8 Å². The highest BCUT2D eigenvalue weighted by Crippen LogP contribution is 2.24. The van der Waals surface area contributed by atoms with Crippen LogP contribution in [0.25, 0.3) is 0 Å². The maximum absolute atomic E-state index is 6.13. The molecule has 1 aromatic carbocycles. The van der Waals surface area contributed by atoms with Crippen molar-refractivity contribution in [2.45, 2.75) is 78.1 Å². The van der Waals surface area contributed by atoms with Crippen LogP contribution in [0.2, 0.25) is 5.02 Å². The van der Waals surface area contributed by atoms with Crippen LogP contribution in [-0.4, -0.2) is 10.1 Å². The van der Waals surface area contributed by atoms with E-state index in [1.165, 1.54) is 64.2 Å². The highest BCUT2D eigenvalue weighted by atomic mass is 35.5. The molecule has 136 valence electrons. The van der Waals surface area contributed by atoms with Crippen LogP contribution < -0.4 is 5.32 Å². The van der Waals surface area contributed by atoms with Crippen molar-refractivity contribution in [3.05, 3.63) is 28.8 Å². The molecule has 0 atom stereocenters. The highest BCUT2D eigenvalue weighted by Gasteiger charge is 2.04. The van der Waals surface area contributed by atoms with Gasteiger partial charge in [0.15, 0.2) is 0 Å². The molecule has 1 N–H and O–H groups in total. The Balaban J connectivity index is 1.99. The highest BCUT2D eigenvalue weighted by molar-refractivity contribution is 8.23. The zero-order valence-corrected chi connectivity index (χ0v) is 17.6.